The SMILES string of the molecule is CCn1cc(-c2ccc(Cl)c(Cl)c2)nc1NC(=O)Cn1cnc2c1c(=O)[nH]c(=O)n2C. The minimum Gasteiger partial charge on any atom is -0.317 e. The molecule has 0 atom stereocenters. The second-order valence-corrected chi connectivity index (χ2v) is 7.59. The van der Waals surface area contributed by atoms with Gasteiger partial charge in [0, 0.05) is 25.4 Å². The number of aromatic nitrogens is 6. The highest BCUT2D eigenvalue weighted by Gasteiger charge is 2.16. The average Bonchev–Trinajstić information content (AvgIpc) is 3.33. The fourth-order valence-electron chi connectivity index (χ4n) is 3.18. The Bertz CT molecular complexity index is 1430. The van der Waals surface area contributed by atoms with Crippen molar-refractivity contribution < 1.29 is 4.79 Å². The second-order valence-electron chi connectivity index (χ2n) is 6.78. The number of hydrogen-bond donors (Lipinski definition) is 2. The molecule has 0 aliphatic heterocycles. The third kappa shape index (κ3) is 3.87. The number of anilines is 1. The number of halogens is 2. The van der Waals surface area contributed by atoms with Gasteiger partial charge in [-0.2, -0.15) is 0 Å². The molecule has 0 saturated carbocycles. The van der Waals surface area contributed by atoms with Crippen LogP contribution in [-0.4, -0.2) is 34.6 Å². The zero-order chi connectivity index (χ0) is 22.3. The number of H-pyrrole nitrogens is 1. The normalized spacial score (nSPS) is 11.2. The van der Waals surface area contributed by atoms with E-state index in [1.807, 2.05) is 6.92 Å². The molecule has 0 bridgehead atoms. The molecule has 3 heterocycles. The van der Waals surface area contributed by atoms with Crippen LogP contribution in [0.4, 0.5) is 5.95 Å². The molecule has 0 saturated heterocycles. The molecule has 31 heavy (non-hydrogen) atoms. The molecule has 4 aromatic rings. The Morgan fingerprint density at radius 1 is 1.19 bits per heavy atom. The van der Waals surface area contributed by atoms with Crippen LogP contribution in [0.25, 0.3) is 22.4 Å². The van der Waals surface area contributed by atoms with Crippen molar-refractivity contribution in [3.05, 3.63) is 61.6 Å². The Morgan fingerprint density at radius 2 is 1.97 bits per heavy atom. The number of carbonyl (C=O) groups is 1. The summed E-state index contributed by atoms with van der Waals surface area (Å²) in [4.78, 5) is 47.3. The number of rotatable bonds is 5. The van der Waals surface area contributed by atoms with Crippen molar-refractivity contribution in [1.82, 2.24) is 28.7 Å². The lowest BCUT2D eigenvalue weighted by Gasteiger charge is -2.07. The lowest BCUT2D eigenvalue weighted by Crippen LogP contribution is -2.30. The van der Waals surface area contributed by atoms with Gasteiger partial charge in [0.2, 0.25) is 11.9 Å². The fraction of sp³-hybridized carbons (Fsp3) is 0.211. The van der Waals surface area contributed by atoms with Gasteiger partial charge < -0.3 is 9.13 Å². The number of hydrogen-bond acceptors (Lipinski definition) is 5. The van der Waals surface area contributed by atoms with Crippen molar-refractivity contribution in [3.63, 3.8) is 0 Å². The van der Waals surface area contributed by atoms with Crippen LogP contribution in [0.15, 0.2) is 40.3 Å². The smallest absolute Gasteiger partial charge is 0.317 e. The summed E-state index contributed by atoms with van der Waals surface area (Å²) in [5.74, 6) is -0.0622. The zero-order valence-corrected chi connectivity index (χ0v) is 18.0. The van der Waals surface area contributed by atoms with Crippen LogP contribution in [-0.2, 0) is 24.9 Å². The van der Waals surface area contributed by atoms with Crippen molar-refractivity contribution in [2.45, 2.75) is 20.0 Å². The first kappa shape index (κ1) is 20.9. The van der Waals surface area contributed by atoms with Gasteiger partial charge in [-0.05, 0) is 19.1 Å². The van der Waals surface area contributed by atoms with Gasteiger partial charge in [0.25, 0.3) is 5.56 Å². The minimum absolute atomic E-state index is 0.132. The van der Waals surface area contributed by atoms with E-state index in [2.05, 4.69) is 20.3 Å². The lowest BCUT2D eigenvalue weighted by molar-refractivity contribution is -0.116. The van der Waals surface area contributed by atoms with Gasteiger partial charge in [0.1, 0.15) is 6.54 Å². The molecule has 3 aromatic heterocycles. The third-order valence-electron chi connectivity index (χ3n) is 4.77. The summed E-state index contributed by atoms with van der Waals surface area (Å²) in [6.07, 6.45) is 3.13. The van der Waals surface area contributed by atoms with Crippen LogP contribution >= 0.6 is 23.2 Å². The van der Waals surface area contributed by atoms with Crippen molar-refractivity contribution in [3.8, 4) is 11.3 Å². The van der Waals surface area contributed by atoms with E-state index >= 15 is 0 Å². The van der Waals surface area contributed by atoms with E-state index in [1.54, 1.807) is 29.0 Å². The standard InChI is InChI=1S/C19H17Cl2N7O3/c1-3-27-7-13(10-4-5-11(20)12(21)6-10)23-18(27)24-14(29)8-28-9-22-16-15(28)17(30)25-19(31)26(16)2/h4-7,9H,3,8H2,1-2H3,(H,23,24,29)(H,25,30,31). The average molecular weight is 462 g/mol. The summed E-state index contributed by atoms with van der Waals surface area (Å²) in [6.45, 7) is 2.30. The highest BCUT2D eigenvalue weighted by atomic mass is 35.5. The van der Waals surface area contributed by atoms with Crippen molar-refractivity contribution in [2.75, 3.05) is 5.32 Å². The maximum atomic E-state index is 12.7. The monoisotopic (exact) mass is 461 g/mol. The molecule has 0 radical (unpaired) electrons. The van der Waals surface area contributed by atoms with E-state index in [0.717, 1.165) is 5.56 Å². The van der Waals surface area contributed by atoms with Gasteiger partial charge in [-0.15, -0.1) is 0 Å². The summed E-state index contributed by atoms with van der Waals surface area (Å²) in [7, 11) is 1.49. The predicted octanol–water partition coefficient (Wildman–Crippen LogP) is 2.25. The molecule has 0 aliphatic carbocycles. The number of amides is 1. The Hall–Kier alpha value is -3.37. The summed E-state index contributed by atoms with van der Waals surface area (Å²) in [5.41, 5.74) is 0.513. The minimum atomic E-state index is -0.611. The maximum absolute atomic E-state index is 12.7. The molecule has 1 amide bonds. The quantitative estimate of drug-likeness (QED) is 0.472. The molecule has 4 rings (SSSR count). The van der Waals surface area contributed by atoms with E-state index in [4.69, 9.17) is 23.2 Å². The van der Waals surface area contributed by atoms with E-state index in [1.165, 1.54) is 22.5 Å². The molecule has 160 valence electrons. The Balaban J connectivity index is 1.61. The molecule has 2 N–H and O–H groups in total. The first-order valence-corrected chi connectivity index (χ1v) is 10.0. The van der Waals surface area contributed by atoms with E-state index in [0.29, 0.717) is 28.2 Å². The number of aromatic amines is 1. The molecule has 0 aliphatic rings. The second kappa shape index (κ2) is 8.05. The molecular formula is C19H17Cl2N7O3. The topological polar surface area (TPSA) is 120 Å². The summed E-state index contributed by atoms with van der Waals surface area (Å²) >= 11 is 12.1. The fourth-order valence-corrected chi connectivity index (χ4v) is 3.47. The molecule has 0 spiro atoms. The van der Waals surface area contributed by atoms with Crippen LogP contribution in [0, 0.1) is 0 Å². The first-order chi connectivity index (χ1) is 14.8. The predicted molar refractivity (Wildman–Crippen MR) is 118 cm³/mol. The van der Waals surface area contributed by atoms with Gasteiger partial charge in [-0.25, -0.2) is 14.8 Å². The third-order valence-corrected chi connectivity index (χ3v) is 5.51. The number of carbonyl (C=O) groups excluding carboxylic acids is 1. The first-order valence-electron chi connectivity index (χ1n) is 9.25. The van der Waals surface area contributed by atoms with Crippen LogP contribution in [0.1, 0.15) is 6.92 Å². The Morgan fingerprint density at radius 3 is 2.68 bits per heavy atom. The van der Waals surface area contributed by atoms with Gasteiger partial charge in [-0.3, -0.25) is 24.5 Å². The number of aryl methyl sites for hydroxylation is 2. The molecule has 10 nitrogen and oxygen atoms in total. The van der Waals surface area contributed by atoms with Crippen molar-refractivity contribution >= 4 is 46.2 Å². The van der Waals surface area contributed by atoms with Crippen molar-refractivity contribution in [2.24, 2.45) is 7.05 Å². The number of nitrogens with one attached hydrogen (secondary N) is 2. The van der Waals surface area contributed by atoms with Gasteiger partial charge >= 0.3 is 5.69 Å². The highest BCUT2D eigenvalue weighted by Crippen LogP contribution is 2.29. The number of fused-ring (bicyclic) bond motifs is 1. The van der Waals surface area contributed by atoms with Gasteiger partial charge in [-0.1, -0.05) is 29.3 Å². The van der Waals surface area contributed by atoms with Gasteiger partial charge in [0.05, 0.1) is 22.1 Å². The molecule has 12 heteroatoms. The zero-order valence-electron chi connectivity index (χ0n) is 16.5. The van der Waals surface area contributed by atoms with Gasteiger partial charge in [0.15, 0.2) is 11.2 Å². The lowest BCUT2D eigenvalue weighted by atomic mass is 10.2. The highest BCUT2D eigenvalue weighted by molar-refractivity contribution is 6.42. The Kier molecular flexibility index (Phi) is 5.42. The summed E-state index contributed by atoms with van der Waals surface area (Å²) in [6, 6.07) is 5.17. The number of nitrogens with zero attached hydrogens (tertiary/aromatic N) is 5. The van der Waals surface area contributed by atoms with E-state index < -0.39 is 17.2 Å². The largest absolute Gasteiger partial charge is 0.329 e. The van der Waals surface area contributed by atoms with Crippen molar-refractivity contribution in [1.29, 1.82) is 0 Å². The molecule has 0 fully saturated rings. The van der Waals surface area contributed by atoms with Crippen LogP contribution < -0.4 is 16.6 Å². The van der Waals surface area contributed by atoms with Crippen LogP contribution in [0.2, 0.25) is 10.0 Å². The van der Waals surface area contributed by atoms with Crippen LogP contribution in [0.3, 0.4) is 0 Å². The van der Waals surface area contributed by atoms with Crippen LogP contribution in [0.5, 0.6) is 0 Å². The van der Waals surface area contributed by atoms with E-state index in [9.17, 15) is 14.4 Å². The molecule has 1 aromatic carbocycles. The number of benzene rings is 1. The maximum Gasteiger partial charge on any atom is 0.329 e. The summed E-state index contributed by atoms with van der Waals surface area (Å²) < 4.78 is 4.36. The molecular weight excluding hydrogens is 445 g/mol. The Labute approximate surface area is 185 Å². The number of imidazole rings is 2. The summed E-state index contributed by atoms with van der Waals surface area (Å²) in [5, 5.41) is 3.59. The molecule has 0 unspecified atom stereocenters. The van der Waals surface area contributed by atoms with E-state index in [-0.39, 0.29) is 17.7 Å².